The minimum atomic E-state index is -1.07. The second-order valence-corrected chi connectivity index (χ2v) is 3.04. The average Bonchev–Trinajstić information content (AvgIpc) is 2.82. The molecule has 0 spiro atoms. The van der Waals surface area contributed by atoms with E-state index in [2.05, 4.69) is 30.5 Å². The summed E-state index contributed by atoms with van der Waals surface area (Å²) in [7, 11) is 0. The number of rotatable bonds is 1. The number of aromatic nitrogens is 4. The van der Waals surface area contributed by atoms with Crippen molar-refractivity contribution < 1.29 is 14.5 Å². The summed E-state index contributed by atoms with van der Waals surface area (Å²) < 4.78 is 4.55. The van der Waals surface area contributed by atoms with Crippen molar-refractivity contribution in [2.24, 2.45) is 0 Å². The fourth-order valence-corrected chi connectivity index (χ4v) is 1.51. The highest BCUT2D eigenvalue weighted by atomic mass is 16.6. The third-order valence-electron chi connectivity index (χ3n) is 2.19. The molecular weight excluding hydrogens is 202 g/mol. The zero-order valence-electron chi connectivity index (χ0n) is 7.31. The minimum Gasteiger partial charge on any atom is -0.476 e. The van der Waals surface area contributed by atoms with E-state index in [0.29, 0.717) is 29.3 Å². The van der Waals surface area contributed by atoms with E-state index < -0.39 is 5.97 Å². The van der Waals surface area contributed by atoms with Gasteiger partial charge in [0.25, 0.3) is 0 Å². The third-order valence-corrected chi connectivity index (χ3v) is 2.19. The number of nitrogens with one attached hydrogen (secondary N) is 2. The highest BCUT2D eigenvalue weighted by Gasteiger charge is 2.28. The molecule has 3 rings (SSSR count). The van der Waals surface area contributed by atoms with Gasteiger partial charge in [-0.15, -0.1) is 0 Å². The predicted octanol–water partition coefficient (Wildman–Crippen LogP) is 0.0834. The lowest BCUT2D eigenvalue weighted by Gasteiger charge is -2.09. The Kier molecular flexibility index (Phi) is 1.36. The molecule has 0 aromatic carbocycles. The van der Waals surface area contributed by atoms with Crippen LogP contribution in [0.1, 0.15) is 16.2 Å². The van der Waals surface area contributed by atoms with Crippen LogP contribution in [-0.2, 0) is 6.54 Å². The molecule has 0 saturated carbocycles. The van der Waals surface area contributed by atoms with Gasteiger partial charge in [-0.25, -0.2) is 9.42 Å². The molecule has 8 nitrogen and oxygen atoms in total. The number of anilines is 1. The van der Waals surface area contributed by atoms with Gasteiger partial charge < -0.3 is 10.4 Å². The van der Waals surface area contributed by atoms with E-state index in [-0.39, 0.29) is 5.69 Å². The summed E-state index contributed by atoms with van der Waals surface area (Å²) in [6, 6.07) is 0. The maximum Gasteiger partial charge on any atom is 0.356 e. The van der Waals surface area contributed by atoms with Crippen molar-refractivity contribution in [2.45, 2.75) is 6.54 Å². The van der Waals surface area contributed by atoms with Crippen LogP contribution in [0, 0.1) is 0 Å². The van der Waals surface area contributed by atoms with Gasteiger partial charge in [-0.3, -0.25) is 5.10 Å². The van der Waals surface area contributed by atoms with Gasteiger partial charge in [-0.05, 0) is 5.16 Å². The van der Waals surface area contributed by atoms with Crippen LogP contribution in [0.2, 0.25) is 0 Å². The molecule has 76 valence electrons. The quantitative estimate of drug-likeness (QED) is 0.606. The van der Waals surface area contributed by atoms with E-state index in [1.807, 2.05) is 0 Å². The molecule has 0 atom stereocenters. The number of H-pyrrole nitrogens is 1. The van der Waals surface area contributed by atoms with Gasteiger partial charge in [0.1, 0.15) is 11.4 Å². The number of fused-ring (bicyclic) bond motifs is 3. The molecular formula is C7H5N5O3. The van der Waals surface area contributed by atoms with Crippen LogP contribution in [0.25, 0.3) is 11.4 Å². The molecule has 15 heavy (non-hydrogen) atoms. The highest BCUT2D eigenvalue weighted by Crippen LogP contribution is 2.33. The smallest absolute Gasteiger partial charge is 0.356 e. The Hall–Kier alpha value is -2.38. The van der Waals surface area contributed by atoms with Crippen molar-refractivity contribution in [1.82, 2.24) is 20.5 Å². The SMILES string of the molecule is O=C(O)c1[nH]nc2c1NCc1nonc1-2. The number of hydrogen-bond donors (Lipinski definition) is 3. The average molecular weight is 207 g/mol. The Labute approximate surface area is 82.3 Å². The summed E-state index contributed by atoms with van der Waals surface area (Å²) >= 11 is 0. The van der Waals surface area contributed by atoms with Gasteiger partial charge in [-0.1, -0.05) is 5.16 Å². The zero-order chi connectivity index (χ0) is 10.4. The molecule has 0 bridgehead atoms. The molecule has 0 fully saturated rings. The van der Waals surface area contributed by atoms with E-state index in [1.165, 1.54) is 0 Å². The minimum absolute atomic E-state index is 0.0126. The summed E-state index contributed by atoms with van der Waals surface area (Å²) in [5, 5.41) is 25.4. The van der Waals surface area contributed by atoms with Gasteiger partial charge in [0, 0.05) is 0 Å². The Bertz CT molecular complexity index is 543. The predicted molar refractivity (Wildman–Crippen MR) is 46.2 cm³/mol. The lowest BCUT2D eigenvalue weighted by Crippen LogP contribution is -2.10. The van der Waals surface area contributed by atoms with E-state index in [1.54, 1.807) is 0 Å². The van der Waals surface area contributed by atoms with Crippen molar-refractivity contribution in [3.63, 3.8) is 0 Å². The van der Waals surface area contributed by atoms with Crippen LogP contribution in [0.15, 0.2) is 4.63 Å². The first-order valence-corrected chi connectivity index (χ1v) is 4.14. The number of hydrogen-bond acceptors (Lipinski definition) is 6. The summed E-state index contributed by atoms with van der Waals surface area (Å²) in [4.78, 5) is 10.8. The van der Waals surface area contributed by atoms with Crippen LogP contribution in [0.5, 0.6) is 0 Å². The highest BCUT2D eigenvalue weighted by molar-refractivity contribution is 5.97. The molecule has 0 saturated heterocycles. The molecule has 1 aliphatic rings. The monoisotopic (exact) mass is 207 g/mol. The maximum atomic E-state index is 10.8. The second kappa shape index (κ2) is 2.56. The van der Waals surface area contributed by atoms with Crippen LogP contribution < -0.4 is 5.32 Å². The van der Waals surface area contributed by atoms with Crippen LogP contribution >= 0.6 is 0 Å². The molecule has 8 heteroatoms. The summed E-state index contributed by atoms with van der Waals surface area (Å²) in [6.45, 7) is 0.381. The number of carboxylic acids is 1. The van der Waals surface area contributed by atoms with E-state index in [0.717, 1.165) is 0 Å². The van der Waals surface area contributed by atoms with Gasteiger partial charge in [0.2, 0.25) is 0 Å². The molecule has 3 N–H and O–H groups in total. The Morgan fingerprint density at radius 3 is 3.07 bits per heavy atom. The number of carboxylic acid groups (broad SMARTS) is 1. The fourth-order valence-electron chi connectivity index (χ4n) is 1.51. The zero-order valence-corrected chi connectivity index (χ0v) is 7.31. The lowest BCUT2D eigenvalue weighted by atomic mass is 10.1. The first-order valence-electron chi connectivity index (χ1n) is 4.14. The number of aromatic amines is 1. The Morgan fingerprint density at radius 1 is 1.40 bits per heavy atom. The van der Waals surface area contributed by atoms with E-state index in [4.69, 9.17) is 5.11 Å². The second-order valence-electron chi connectivity index (χ2n) is 3.04. The Balaban J connectivity index is 2.23. The van der Waals surface area contributed by atoms with Crippen molar-refractivity contribution in [1.29, 1.82) is 0 Å². The molecule has 0 unspecified atom stereocenters. The van der Waals surface area contributed by atoms with Gasteiger partial charge in [0.05, 0.1) is 12.2 Å². The van der Waals surface area contributed by atoms with Gasteiger partial charge in [0.15, 0.2) is 11.4 Å². The van der Waals surface area contributed by atoms with Gasteiger partial charge >= 0.3 is 5.97 Å². The largest absolute Gasteiger partial charge is 0.476 e. The normalized spacial score (nSPS) is 12.8. The first kappa shape index (κ1) is 7.97. The summed E-state index contributed by atoms with van der Waals surface area (Å²) in [5.74, 6) is -1.07. The van der Waals surface area contributed by atoms with Crippen molar-refractivity contribution >= 4 is 11.7 Å². The van der Waals surface area contributed by atoms with E-state index >= 15 is 0 Å². The molecule has 2 aromatic heterocycles. The summed E-state index contributed by atoms with van der Waals surface area (Å²) in [6.07, 6.45) is 0. The van der Waals surface area contributed by atoms with Gasteiger partial charge in [-0.2, -0.15) is 5.10 Å². The molecule has 2 aromatic rings. The standard InChI is InChI=1S/C7H5N5O3/c13-7(14)6-4-5(9-10-6)3-2(1-8-4)11-15-12-3/h8H,1H2,(H,9,10)(H,13,14). The van der Waals surface area contributed by atoms with E-state index in [9.17, 15) is 4.79 Å². The first-order chi connectivity index (χ1) is 7.27. The number of carbonyl (C=O) groups is 1. The lowest BCUT2D eigenvalue weighted by molar-refractivity contribution is 0.0691. The summed E-state index contributed by atoms with van der Waals surface area (Å²) in [5.41, 5.74) is 1.96. The third kappa shape index (κ3) is 0.951. The molecule has 1 aliphatic heterocycles. The molecule has 0 aliphatic carbocycles. The number of nitrogens with zero attached hydrogens (tertiary/aromatic N) is 3. The van der Waals surface area contributed by atoms with Crippen LogP contribution in [0.3, 0.4) is 0 Å². The number of aromatic carboxylic acids is 1. The van der Waals surface area contributed by atoms with Crippen molar-refractivity contribution in [2.75, 3.05) is 5.32 Å². The van der Waals surface area contributed by atoms with Crippen molar-refractivity contribution in [3.05, 3.63) is 11.4 Å². The van der Waals surface area contributed by atoms with Crippen molar-refractivity contribution in [3.8, 4) is 11.4 Å². The molecule has 0 amide bonds. The maximum absolute atomic E-state index is 10.8. The topological polar surface area (TPSA) is 117 Å². The molecule has 3 heterocycles. The van der Waals surface area contributed by atoms with Crippen LogP contribution in [-0.4, -0.2) is 31.6 Å². The Morgan fingerprint density at radius 2 is 2.27 bits per heavy atom. The fraction of sp³-hybridized carbons (Fsp3) is 0.143. The van der Waals surface area contributed by atoms with Crippen LogP contribution in [0.4, 0.5) is 5.69 Å². The molecule has 0 radical (unpaired) electrons.